The second-order valence-electron chi connectivity index (χ2n) is 6.62. The van der Waals surface area contributed by atoms with Crippen molar-refractivity contribution >= 4 is 0 Å². The molecule has 27 heavy (non-hydrogen) atoms. The van der Waals surface area contributed by atoms with Crippen LogP contribution in [0.5, 0.6) is 5.75 Å². The van der Waals surface area contributed by atoms with E-state index in [2.05, 4.69) is 57.0 Å². The van der Waals surface area contributed by atoms with Gasteiger partial charge in [0, 0.05) is 5.56 Å². The van der Waals surface area contributed by atoms with Crippen LogP contribution in [-0.2, 0) is 12.8 Å². The number of H-pyrrole nitrogens is 1. The number of aromatic amines is 1. The Morgan fingerprint density at radius 3 is 2.33 bits per heavy atom. The quantitative estimate of drug-likeness (QED) is 0.544. The topological polar surface area (TPSA) is 74.7 Å². The first-order chi connectivity index (χ1) is 13.3. The van der Waals surface area contributed by atoms with Crippen LogP contribution in [0.2, 0.25) is 0 Å². The van der Waals surface area contributed by atoms with Crippen LogP contribution in [0.4, 0.5) is 0 Å². The van der Waals surface area contributed by atoms with Crippen molar-refractivity contribution in [2.45, 2.75) is 18.8 Å². The molecule has 0 bridgehead atoms. The monoisotopic (exact) mass is 356 g/mol. The summed E-state index contributed by atoms with van der Waals surface area (Å²) < 4.78 is 0. The molecule has 0 aliphatic carbocycles. The van der Waals surface area contributed by atoms with Crippen LogP contribution in [0.25, 0.3) is 11.4 Å². The summed E-state index contributed by atoms with van der Waals surface area (Å²) in [5, 5.41) is 23.8. The minimum atomic E-state index is 0.294. The number of hydrogen-bond acceptors (Lipinski definition) is 4. The molecule has 4 aromatic rings. The van der Waals surface area contributed by atoms with Gasteiger partial charge in [-0.2, -0.15) is 5.21 Å². The molecule has 4 rings (SSSR count). The molecule has 0 saturated carbocycles. The van der Waals surface area contributed by atoms with E-state index in [9.17, 15) is 5.11 Å². The number of rotatable bonds is 6. The Morgan fingerprint density at radius 1 is 0.815 bits per heavy atom. The van der Waals surface area contributed by atoms with Gasteiger partial charge in [-0.3, -0.25) is 0 Å². The largest absolute Gasteiger partial charge is 0.508 e. The molecule has 0 amide bonds. The van der Waals surface area contributed by atoms with Crippen LogP contribution in [0.15, 0.2) is 78.9 Å². The highest BCUT2D eigenvalue weighted by Crippen LogP contribution is 2.27. The molecule has 3 aromatic carbocycles. The van der Waals surface area contributed by atoms with E-state index >= 15 is 0 Å². The lowest BCUT2D eigenvalue weighted by atomic mass is 9.86. The lowest BCUT2D eigenvalue weighted by molar-refractivity contribution is 0.475. The van der Waals surface area contributed by atoms with Gasteiger partial charge in [0.05, 0.1) is 0 Å². The van der Waals surface area contributed by atoms with Crippen molar-refractivity contribution in [3.05, 3.63) is 95.6 Å². The summed E-state index contributed by atoms with van der Waals surface area (Å²) in [6, 6.07) is 26.3. The molecule has 0 aliphatic heterocycles. The Morgan fingerprint density at radius 2 is 1.59 bits per heavy atom. The number of tetrazole rings is 1. The smallest absolute Gasteiger partial charge is 0.204 e. The minimum absolute atomic E-state index is 0.294. The lowest BCUT2D eigenvalue weighted by Crippen LogP contribution is -2.07. The van der Waals surface area contributed by atoms with Gasteiger partial charge in [0.15, 0.2) is 0 Å². The molecule has 1 heterocycles. The molecule has 5 nitrogen and oxygen atoms in total. The number of hydrogen-bond donors (Lipinski definition) is 2. The number of nitrogens with one attached hydrogen (secondary N) is 1. The maximum Gasteiger partial charge on any atom is 0.204 e. The molecule has 0 fully saturated rings. The molecule has 1 unspecified atom stereocenters. The first-order valence-corrected chi connectivity index (χ1v) is 8.93. The third-order valence-corrected chi connectivity index (χ3v) is 4.70. The van der Waals surface area contributed by atoms with E-state index in [-0.39, 0.29) is 0 Å². The molecule has 5 heteroatoms. The van der Waals surface area contributed by atoms with E-state index in [1.54, 1.807) is 12.1 Å². The molecule has 0 radical (unpaired) electrons. The molecule has 0 spiro atoms. The number of nitrogens with zero attached hydrogens (tertiary/aromatic N) is 3. The van der Waals surface area contributed by atoms with Crippen molar-refractivity contribution in [3.8, 4) is 17.1 Å². The summed E-state index contributed by atoms with van der Waals surface area (Å²) in [6.07, 6.45) is 1.80. The van der Waals surface area contributed by atoms with E-state index in [0.717, 1.165) is 18.4 Å². The third-order valence-electron chi connectivity index (χ3n) is 4.70. The Labute approximate surface area is 157 Å². The van der Waals surface area contributed by atoms with Crippen molar-refractivity contribution in [2.75, 3.05) is 0 Å². The van der Waals surface area contributed by atoms with Gasteiger partial charge >= 0.3 is 0 Å². The fraction of sp³-hybridized carbons (Fsp3) is 0.136. The number of phenols is 1. The summed E-state index contributed by atoms with van der Waals surface area (Å²) in [5.74, 6) is 1.23. The van der Waals surface area contributed by atoms with E-state index in [4.69, 9.17) is 0 Å². The number of aromatic nitrogens is 4. The molecular weight excluding hydrogens is 336 g/mol. The molecule has 134 valence electrons. The Hall–Kier alpha value is -3.47. The van der Waals surface area contributed by atoms with Crippen molar-refractivity contribution in [1.29, 1.82) is 0 Å². The van der Waals surface area contributed by atoms with E-state index in [0.29, 0.717) is 17.5 Å². The van der Waals surface area contributed by atoms with Gasteiger partial charge in [-0.15, -0.1) is 10.2 Å². The third kappa shape index (κ3) is 4.20. The van der Waals surface area contributed by atoms with Gasteiger partial charge in [-0.05, 0) is 58.9 Å². The molecule has 0 saturated heterocycles. The summed E-state index contributed by atoms with van der Waals surface area (Å²) in [4.78, 5) is 0. The van der Waals surface area contributed by atoms with Gasteiger partial charge < -0.3 is 5.11 Å². The normalized spacial score (nSPS) is 12.0. The fourth-order valence-electron chi connectivity index (χ4n) is 3.36. The maximum absolute atomic E-state index is 9.54. The van der Waals surface area contributed by atoms with E-state index in [1.807, 2.05) is 30.3 Å². The molecule has 2 N–H and O–H groups in total. The average molecular weight is 356 g/mol. The highest BCUT2D eigenvalue weighted by molar-refractivity contribution is 5.55. The predicted octanol–water partition coefficient (Wildman–Crippen LogP) is 4.14. The maximum atomic E-state index is 9.54. The second kappa shape index (κ2) is 7.83. The highest BCUT2D eigenvalue weighted by atomic mass is 16.3. The minimum Gasteiger partial charge on any atom is -0.508 e. The van der Waals surface area contributed by atoms with Crippen LogP contribution in [-0.4, -0.2) is 25.7 Å². The zero-order chi connectivity index (χ0) is 18.5. The fourth-order valence-corrected chi connectivity index (χ4v) is 3.36. The Balaban J connectivity index is 1.61. The molecule has 1 atom stereocenters. The van der Waals surface area contributed by atoms with Crippen LogP contribution in [0.1, 0.15) is 22.6 Å². The van der Waals surface area contributed by atoms with Crippen molar-refractivity contribution in [2.24, 2.45) is 0 Å². The Bertz CT molecular complexity index is 983. The molecular formula is C22H20N4O. The van der Waals surface area contributed by atoms with Crippen LogP contribution in [0.3, 0.4) is 0 Å². The summed E-state index contributed by atoms with van der Waals surface area (Å²) in [7, 11) is 0. The number of phenolic OH excluding ortho intramolecular Hbond substituents is 1. The SMILES string of the molecule is Oc1ccc(CC(Cc2cccc(-c3nn[nH]n3)c2)c2ccccc2)cc1. The van der Waals surface area contributed by atoms with Crippen LogP contribution < -0.4 is 0 Å². The van der Waals surface area contributed by atoms with Gasteiger partial charge in [0.1, 0.15) is 5.75 Å². The zero-order valence-electron chi connectivity index (χ0n) is 14.8. The number of aromatic hydroxyl groups is 1. The standard InChI is InChI=1S/C22H20N4O/c27-21-11-9-16(10-12-21)13-20(18-6-2-1-3-7-18)15-17-5-4-8-19(14-17)22-23-25-26-24-22/h1-12,14,20,27H,13,15H2,(H,23,24,25,26). The predicted molar refractivity (Wildman–Crippen MR) is 104 cm³/mol. The molecule has 1 aromatic heterocycles. The Kier molecular flexibility index (Phi) is 4.92. The van der Waals surface area contributed by atoms with Crippen LogP contribution in [0, 0.1) is 0 Å². The van der Waals surface area contributed by atoms with Gasteiger partial charge in [0.2, 0.25) is 5.82 Å². The zero-order valence-corrected chi connectivity index (χ0v) is 14.8. The first-order valence-electron chi connectivity index (χ1n) is 8.93. The van der Waals surface area contributed by atoms with Crippen molar-refractivity contribution in [1.82, 2.24) is 20.6 Å². The second-order valence-corrected chi connectivity index (χ2v) is 6.62. The van der Waals surface area contributed by atoms with E-state index < -0.39 is 0 Å². The van der Waals surface area contributed by atoms with Gasteiger partial charge in [-0.25, -0.2) is 0 Å². The first kappa shape index (κ1) is 17.0. The summed E-state index contributed by atoms with van der Waals surface area (Å²) in [6.45, 7) is 0. The van der Waals surface area contributed by atoms with Crippen molar-refractivity contribution in [3.63, 3.8) is 0 Å². The lowest BCUT2D eigenvalue weighted by Gasteiger charge is -2.18. The highest BCUT2D eigenvalue weighted by Gasteiger charge is 2.14. The molecule has 0 aliphatic rings. The number of benzene rings is 3. The van der Waals surface area contributed by atoms with E-state index in [1.165, 1.54) is 16.7 Å². The summed E-state index contributed by atoms with van der Waals surface area (Å²) >= 11 is 0. The van der Waals surface area contributed by atoms with Crippen molar-refractivity contribution < 1.29 is 5.11 Å². The average Bonchev–Trinajstić information content (AvgIpc) is 3.25. The van der Waals surface area contributed by atoms with Gasteiger partial charge in [-0.1, -0.05) is 60.7 Å². The summed E-state index contributed by atoms with van der Waals surface area (Å²) in [5.41, 5.74) is 4.69. The van der Waals surface area contributed by atoms with Gasteiger partial charge in [0.25, 0.3) is 0 Å². The van der Waals surface area contributed by atoms with Crippen LogP contribution >= 0.6 is 0 Å².